The maximum atomic E-state index is 12.0. The van der Waals surface area contributed by atoms with Gasteiger partial charge in [-0.2, -0.15) is 13.2 Å². The zero-order valence-corrected chi connectivity index (χ0v) is 8.90. The lowest BCUT2D eigenvalue weighted by molar-refractivity contribution is -0.167. The second-order valence-electron chi connectivity index (χ2n) is 3.85. The molecule has 0 spiro atoms. The first-order valence-electron chi connectivity index (χ1n) is 5.22. The molecule has 1 heterocycles. The van der Waals surface area contributed by atoms with Crippen molar-refractivity contribution >= 4 is 17.3 Å². The number of anilines is 2. The van der Waals surface area contributed by atoms with Crippen LogP contribution in [0, 0.1) is 0 Å². The molecule has 1 aromatic rings. The number of nitrogens with one attached hydrogen (secondary N) is 2. The monoisotopic (exact) mass is 244 g/mol. The van der Waals surface area contributed by atoms with Crippen LogP contribution in [0.25, 0.3) is 0 Å². The zero-order valence-electron chi connectivity index (χ0n) is 8.90. The van der Waals surface area contributed by atoms with Gasteiger partial charge in [0, 0.05) is 17.9 Å². The first kappa shape index (κ1) is 11.8. The second-order valence-corrected chi connectivity index (χ2v) is 3.85. The van der Waals surface area contributed by atoms with Crippen molar-refractivity contribution in [2.24, 2.45) is 0 Å². The highest BCUT2D eigenvalue weighted by atomic mass is 19.4. The standard InChI is InChI=1S/C11H11F3N2O/c12-11(13,14)10(17)16-8-4-3-7-2-1-5-15-9(7)6-8/h3-4,6,15H,1-2,5H2,(H,16,17). The highest BCUT2D eigenvalue weighted by Gasteiger charge is 2.38. The van der Waals surface area contributed by atoms with E-state index in [-0.39, 0.29) is 5.69 Å². The number of benzene rings is 1. The van der Waals surface area contributed by atoms with Crippen LogP contribution in [0.5, 0.6) is 0 Å². The Bertz CT molecular complexity index is 443. The second kappa shape index (κ2) is 4.27. The van der Waals surface area contributed by atoms with E-state index in [0.717, 1.165) is 30.6 Å². The lowest BCUT2D eigenvalue weighted by Crippen LogP contribution is -2.30. The van der Waals surface area contributed by atoms with Gasteiger partial charge < -0.3 is 10.6 Å². The maximum Gasteiger partial charge on any atom is 0.471 e. The van der Waals surface area contributed by atoms with Gasteiger partial charge in [-0.25, -0.2) is 0 Å². The molecule has 1 aromatic carbocycles. The van der Waals surface area contributed by atoms with E-state index in [4.69, 9.17) is 0 Å². The number of hydrogen-bond acceptors (Lipinski definition) is 2. The third kappa shape index (κ3) is 2.69. The summed E-state index contributed by atoms with van der Waals surface area (Å²) >= 11 is 0. The smallest absolute Gasteiger partial charge is 0.385 e. The number of carbonyl (C=O) groups excluding carboxylic acids is 1. The molecule has 92 valence electrons. The zero-order chi connectivity index (χ0) is 12.5. The average Bonchev–Trinajstić information content (AvgIpc) is 2.27. The van der Waals surface area contributed by atoms with Gasteiger partial charge in [-0.3, -0.25) is 4.79 Å². The summed E-state index contributed by atoms with van der Waals surface area (Å²) in [4.78, 5) is 10.7. The van der Waals surface area contributed by atoms with Crippen molar-refractivity contribution in [3.63, 3.8) is 0 Å². The van der Waals surface area contributed by atoms with Gasteiger partial charge in [0.25, 0.3) is 0 Å². The molecule has 0 aromatic heterocycles. The quantitative estimate of drug-likeness (QED) is 0.797. The Morgan fingerprint density at radius 3 is 2.82 bits per heavy atom. The van der Waals surface area contributed by atoms with Gasteiger partial charge in [-0.15, -0.1) is 0 Å². The average molecular weight is 244 g/mol. The van der Waals surface area contributed by atoms with Crippen molar-refractivity contribution < 1.29 is 18.0 Å². The normalized spacial score (nSPS) is 14.8. The summed E-state index contributed by atoms with van der Waals surface area (Å²) in [6.07, 6.45) is -2.96. The van der Waals surface area contributed by atoms with Gasteiger partial charge in [0.2, 0.25) is 0 Å². The first-order chi connectivity index (χ1) is 7.97. The molecule has 0 fully saturated rings. The molecular weight excluding hydrogens is 233 g/mol. The summed E-state index contributed by atoms with van der Waals surface area (Å²) in [6.45, 7) is 0.795. The van der Waals surface area contributed by atoms with E-state index in [9.17, 15) is 18.0 Å². The van der Waals surface area contributed by atoms with Gasteiger partial charge in [-0.05, 0) is 30.5 Å². The fraction of sp³-hybridized carbons (Fsp3) is 0.364. The molecule has 3 nitrogen and oxygen atoms in total. The van der Waals surface area contributed by atoms with E-state index in [0.29, 0.717) is 0 Å². The summed E-state index contributed by atoms with van der Waals surface area (Å²) in [5.74, 6) is -1.95. The molecule has 0 saturated carbocycles. The van der Waals surface area contributed by atoms with Crippen molar-refractivity contribution in [2.75, 3.05) is 17.2 Å². The summed E-state index contributed by atoms with van der Waals surface area (Å²) in [5, 5.41) is 4.91. The van der Waals surface area contributed by atoms with Crippen LogP contribution in [0.1, 0.15) is 12.0 Å². The number of alkyl halides is 3. The molecule has 2 rings (SSSR count). The number of aryl methyl sites for hydroxylation is 1. The molecule has 0 atom stereocenters. The Labute approximate surface area is 96.0 Å². The summed E-state index contributed by atoms with van der Waals surface area (Å²) in [7, 11) is 0. The van der Waals surface area contributed by atoms with E-state index in [2.05, 4.69) is 5.32 Å². The van der Waals surface area contributed by atoms with E-state index in [1.165, 1.54) is 12.1 Å². The van der Waals surface area contributed by atoms with Crippen molar-refractivity contribution in [3.05, 3.63) is 23.8 Å². The molecule has 6 heteroatoms. The highest BCUT2D eigenvalue weighted by Crippen LogP contribution is 2.26. The van der Waals surface area contributed by atoms with Gasteiger partial charge >= 0.3 is 12.1 Å². The Kier molecular flexibility index (Phi) is 2.95. The molecule has 1 amide bonds. The van der Waals surface area contributed by atoms with E-state index >= 15 is 0 Å². The SMILES string of the molecule is O=C(Nc1ccc2c(c1)NCCC2)C(F)(F)F. The van der Waals surface area contributed by atoms with Crippen LogP contribution in [-0.4, -0.2) is 18.6 Å². The number of amides is 1. The fourth-order valence-corrected chi connectivity index (χ4v) is 1.74. The minimum Gasteiger partial charge on any atom is -0.385 e. The summed E-state index contributed by atoms with van der Waals surface area (Å²) in [6, 6.07) is 4.74. The van der Waals surface area contributed by atoms with Crippen LogP contribution in [0.4, 0.5) is 24.5 Å². The van der Waals surface area contributed by atoms with Crippen LogP contribution >= 0.6 is 0 Å². The molecule has 17 heavy (non-hydrogen) atoms. The van der Waals surface area contributed by atoms with Crippen LogP contribution in [0.2, 0.25) is 0 Å². The van der Waals surface area contributed by atoms with Gasteiger partial charge in [0.1, 0.15) is 0 Å². The van der Waals surface area contributed by atoms with Crippen molar-refractivity contribution in [1.82, 2.24) is 0 Å². The maximum absolute atomic E-state index is 12.0. The molecule has 0 unspecified atom stereocenters. The minimum absolute atomic E-state index is 0.153. The van der Waals surface area contributed by atoms with Gasteiger partial charge in [-0.1, -0.05) is 6.07 Å². The Morgan fingerprint density at radius 1 is 1.35 bits per heavy atom. The number of fused-ring (bicyclic) bond motifs is 1. The van der Waals surface area contributed by atoms with Gasteiger partial charge in [0.05, 0.1) is 0 Å². The molecule has 0 radical (unpaired) electrons. The van der Waals surface area contributed by atoms with Crippen molar-refractivity contribution in [3.8, 4) is 0 Å². The van der Waals surface area contributed by atoms with E-state index < -0.39 is 12.1 Å². The highest BCUT2D eigenvalue weighted by molar-refractivity contribution is 5.95. The third-order valence-corrected chi connectivity index (χ3v) is 2.56. The lowest BCUT2D eigenvalue weighted by Gasteiger charge is -2.19. The van der Waals surface area contributed by atoms with Crippen LogP contribution < -0.4 is 10.6 Å². The first-order valence-corrected chi connectivity index (χ1v) is 5.22. The van der Waals surface area contributed by atoms with E-state index in [1.54, 1.807) is 6.07 Å². The topological polar surface area (TPSA) is 41.1 Å². The van der Waals surface area contributed by atoms with Gasteiger partial charge in [0.15, 0.2) is 0 Å². The molecule has 0 aliphatic carbocycles. The number of hydrogen-bond donors (Lipinski definition) is 2. The fourth-order valence-electron chi connectivity index (χ4n) is 1.74. The predicted octanol–water partition coefficient (Wildman–Crippen LogP) is 2.55. The van der Waals surface area contributed by atoms with Crippen molar-refractivity contribution in [1.29, 1.82) is 0 Å². The Morgan fingerprint density at radius 2 is 2.12 bits per heavy atom. The number of halogens is 3. The van der Waals surface area contributed by atoms with Crippen molar-refractivity contribution in [2.45, 2.75) is 19.0 Å². The number of rotatable bonds is 1. The van der Waals surface area contributed by atoms with Crippen LogP contribution in [0.3, 0.4) is 0 Å². The van der Waals surface area contributed by atoms with Crippen LogP contribution in [-0.2, 0) is 11.2 Å². The van der Waals surface area contributed by atoms with E-state index in [1.807, 2.05) is 5.32 Å². The van der Waals surface area contributed by atoms with Crippen LogP contribution in [0.15, 0.2) is 18.2 Å². The minimum atomic E-state index is -4.86. The molecule has 0 saturated heterocycles. The summed E-state index contributed by atoms with van der Waals surface area (Å²) in [5.41, 5.74) is 2.00. The Hall–Kier alpha value is -1.72. The molecular formula is C11H11F3N2O. The Balaban J connectivity index is 2.15. The number of carbonyl (C=O) groups is 1. The predicted molar refractivity (Wildman–Crippen MR) is 57.9 cm³/mol. The molecule has 0 bridgehead atoms. The molecule has 1 aliphatic heterocycles. The lowest BCUT2D eigenvalue weighted by atomic mass is 10.0. The summed E-state index contributed by atoms with van der Waals surface area (Å²) < 4.78 is 36.1. The molecule has 2 N–H and O–H groups in total. The largest absolute Gasteiger partial charge is 0.471 e. The third-order valence-electron chi connectivity index (χ3n) is 2.56. The molecule has 1 aliphatic rings.